The molecule has 6 nitrogen and oxygen atoms in total. The van der Waals surface area contributed by atoms with Gasteiger partial charge in [-0.3, -0.25) is 4.79 Å². The molecule has 0 bridgehead atoms. The summed E-state index contributed by atoms with van der Waals surface area (Å²) in [6.07, 6.45) is 3.56. The van der Waals surface area contributed by atoms with Crippen LogP contribution in [-0.2, 0) is 6.54 Å². The first-order valence-corrected chi connectivity index (χ1v) is 10.3. The summed E-state index contributed by atoms with van der Waals surface area (Å²) in [5.41, 5.74) is 2.29. The number of ether oxygens (including phenoxy) is 1. The molecule has 0 atom stereocenters. The molecule has 172 valence electrons. The lowest BCUT2D eigenvalue weighted by atomic mass is 10.1. The van der Waals surface area contributed by atoms with Gasteiger partial charge in [-0.15, -0.1) is 0 Å². The third-order valence-corrected chi connectivity index (χ3v) is 4.64. The van der Waals surface area contributed by atoms with Crippen molar-refractivity contribution in [3.05, 3.63) is 94.9 Å². The number of halogens is 2. The van der Waals surface area contributed by atoms with E-state index < -0.39 is 11.6 Å². The van der Waals surface area contributed by atoms with Gasteiger partial charge in [-0.05, 0) is 49.7 Å². The van der Waals surface area contributed by atoms with Gasteiger partial charge in [0.2, 0.25) is 0 Å². The minimum absolute atomic E-state index is 0.00274. The second kappa shape index (κ2) is 10.6. The highest BCUT2D eigenvalue weighted by Gasteiger charge is 2.14. The zero-order chi connectivity index (χ0) is 24.0. The van der Waals surface area contributed by atoms with Crippen molar-refractivity contribution in [2.75, 3.05) is 19.4 Å². The molecule has 0 unspecified atom stereocenters. The van der Waals surface area contributed by atoms with Crippen LogP contribution in [0, 0.1) is 18.6 Å². The van der Waals surface area contributed by atoms with Crippen molar-refractivity contribution < 1.29 is 18.3 Å². The molecule has 0 radical (unpaired) electrons. The fourth-order valence-electron chi connectivity index (χ4n) is 3.25. The van der Waals surface area contributed by atoms with Crippen LogP contribution >= 0.6 is 0 Å². The quantitative estimate of drug-likeness (QED) is 0.490. The SMILES string of the molecule is C/C(=C\N(C)C)Nc1cc(Oc2cccc(C(=O)NCc3cc(F)cc(F)c3)c2C)ccn1. The van der Waals surface area contributed by atoms with E-state index in [-0.39, 0.29) is 12.5 Å². The average molecular weight is 453 g/mol. The fourth-order valence-corrected chi connectivity index (χ4v) is 3.25. The van der Waals surface area contributed by atoms with Gasteiger partial charge in [-0.2, -0.15) is 0 Å². The molecule has 0 fully saturated rings. The molecule has 3 aromatic rings. The summed E-state index contributed by atoms with van der Waals surface area (Å²) in [7, 11) is 3.86. The zero-order valence-electron chi connectivity index (χ0n) is 18.9. The number of carbonyl (C=O) groups is 1. The van der Waals surface area contributed by atoms with E-state index in [0.717, 1.165) is 11.8 Å². The Morgan fingerprint density at radius 3 is 2.55 bits per heavy atom. The van der Waals surface area contributed by atoms with Crippen LogP contribution in [0.5, 0.6) is 11.5 Å². The van der Waals surface area contributed by atoms with Crippen LogP contribution in [-0.4, -0.2) is 29.9 Å². The molecule has 1 aromatic heterocycles. The Labute approximate surface area is 191 Å². The second-order valence-electron chi connectivity index (χ2n) is 7.77. The Morgan fingerprint density at radius 2 is 1.85 bits per heavy atom. The van der Waals surface area contributed by atoms with Crippen molar-refractivity contribution in [1.82, 2.24) is 15.2 Å². The molecule has 2 N–H and O–H groups in total. The maximum absolute atomic E-state index is 13.4. The Balaban J connectivity index is 1.72. The minimum Gasteiger partial charge on any atom is -0.457 e. The third-order valence-electron chi connectivity index (χ3n) is 4.64. The summed E-state index contributed by atoms with van der Waals surface area (Å²) in [4.78, 5) is 18.9. The van der Waals surface area contributed by atoms with Crippen LogP contribution < -0.4 is 15.4 Å². The Kier molecular flexibility index (Phi) is 7.61. The summed E-state index contributed by atoms with van der Waals surface area (Å²) in [6.45, 7) is 3.70. The summed E-state index contributed by atoms with van der Waals surface area (Å²) >= 11 is 0. The van der Waals surface area contributed by atoms with Crippen LogP contribution in [0.4, 0.5) is 14.6 Å². The van der Waals surface area contributed by atoms with Gasteiger partial charge in [0, 0.05) is 62.0 Å². The minimum atomic E-state index is -0.690. The second-order valence-corrected chi connectivity index (χ2v) is 7.77. The van der Waals surface area contributed by atoms with Crippen LogP contribution in [0.3, 0.4) is 0 Å². The normalized spacial score (nSPS) is 11.2. The summed E-state index contributed by atoms with van der Waals surface area (Å²) < 4.78 is 32.7. The first-order valence-electron chi connectivity index (χ1n) is 10.3. The first-order chi connectivity index (χ1) is 15.7. The van der Waals surface area contributed by atoms with Gasteiger partial charge in [-0.1, -0.05) is 6.07 Å². The summed E-state index contributed by atoms with van der Waals surface area (Å²) in [5, 5.41) is 5.88. The summed E-state index contributed by atoms with van der Waals surface area (Å²) in [6, 6.07) is 11.8. The molecule has 33 heavy (non-hydrogen) atoms. The van der Waals surface area contributed by atoms with Crippen LogP contribution in [0.25, 0.3) is 0 Å². The van der Waals surface area contributed by atoms with Gasteiger partial charge in [0.1, 0.15) is 29.0 Å². The third kappa shape index (κ3) is 6.77. The highest BCUT2D eigenvalue weighted by Crippen LogP contribution is 2.28. The molecule has 0 aliphatic carbocycles. The number of anilines is 1. The molecule has 0 saturated heterocycles. The maximum Gasteiger partial charge on any atom is 0.251 e. The van der Waals surface area contributed by atoms with E-state index in [9.17, 15) is 13.6 Å². The number of nitrogens with zero attached hydrogens (tertiary/aromatic N) is 2. The molecular weight excluding hydrogens is 426 g/mol. The van der Waals surface area contributed by atoms with E-state index in [4.69, 9.17) is 4.74 Å². The molecule has 0 aliphatic heterocycles. The van der Waals surface area contributed by atoms with Gasteiger partial charge >= 0.3 is 0 Å². The smallest absolute Gasteiger partial charge is 0.251 e. The largest absolute Gasteiger partial charge is 0.457 e. The molecule has 0 aliphatic rings. The van der Waals surface area contributed by atoms with Crippen molar-refractivity contribution in [3.8, 4) is 11.5 Å². The van der Waals surface area contributed by atoms with Gasteiger partial charge in [0.15, 0.2) is 0 Å². The topological polar surface area (TPSA) is 66.5 Å². The molecule has 1 amide bonds. The van der Waals surface area contributed by atoms with E-state index in [1.54, 1.807) is 43.5 Å². The molecule has 2 aromatic carbocycles. The van der Waals surface area contributed by atoms with Crippen LogP contribution in [0.1, 0.15) is 28.4 Å². The number of hydrogen-bond acceptors (Lipinski definition) is 5. The highest BCUT2D eigenvalue weighted by atomic mass is 19.1. The lowest BCUT2D eigenvalue weighted by molar-refractivity contribution is 0.0950. The van der Waals surface area contributed by atoms with Crippen molar-refractivity contribution in [1.29, 1.82) is 0 Å². The zero-order valence-corrected chi connectivity index (χ0v) is 18.9. The van der Waals surface area contributed by atoms with Crippen molar-refractivity contribution in [3.63, 3.8) is 0 Å². The molecule has 1 heterocycles. The van der Waals surface area contributed by atoms with E-state index in [1.165, 1.54) is 12.1 Å². The van der Waals surface area contributed by atoms with E-state index >= 15 is 0 Å². The summed E-state index contributed by atoms with van der Waals surface area (Å²) in [5.74, 6) is -0.0619. The first kappa shape index (κ1) is 23.7. The van der Waals surface area contributed by atoms with E-state index in [2.05, 4.69) is 15.6 Å². The van der Waals surface area contributed by atoms with Gasteiger partial charge in [0.05, 0.1) is 0 Å². The standard InChI is InChI=1S/C25H26F2N4O2/c1-16(15-31(3)4)30-24-13-21(8-9-28-24)33-23-7-5-6-22(17(23)2)25(32)29-14-18-10-19(26)12-20(27)11-18/h5-13,15H,14H2,1-4H3,(H,28,30)(H,29,32)/b16-15+. The molecular formula is C25H26F2N4O2. The number of benzene rings is 2. The van der Waals surface area contributed by atoms with E-state index in [1.807, 2.05) is 32.1 Å². The lowest BCUT2D eigenvalue weighted by Crippen LogP contribution is -2.23. The lowest BCUT2D eigenvalue weighted by Gasteiger charge is -2.14. The Bertz CT molecular complexity index is 1160. The van der Waals surface area contributed by atoms with Crippen molar-refractivity contribution >= 4 is 11.7 Å². The number of aromatic nitrogens is 1. The predicted octanol–water partition coefficient (Wildman–Crippen LogP) is 5.23. The Morgan fingerprint density at radius 1 is 1.12 bits per heavy atom. The number of nitrogens with one attached hydrogen (secondary N) is 2. The molecule has 8 heteroatoms. The number of allylic oxidation sites excluding steroid dienone is 1. The number of pyridine rings is 1. The highest BCUT2D eigenvalue weighted by molar-refractivity contribution is 5.96. The molecule has 0 spiro atoms. The van der Waals surface area contributed by atoms with Crippen molar-refractivity contribution in [2.45, 2.75) is 20.4 Å². The van der Waals surface area contributed by atoms with Gasteiger partial charge in [0.25, 0.3) is 5.91 Å². The fraction of sp³-hybridized carbons (Fsp3) is 0.200. The predicted molar refractivity (Wildman–Crippen MR) is 124 cm³/mol. The number of hydrogen-bond donors (Lipinski definition) is 2. The Hall–Kier alpha value is -3.94. The molecule has 3 rings (SSSR count). The van der Waals surface area contributed by atoms with Crippen LogP contribution in [0.2, 0.25) is 0 Å². The number of rotatable bonds is 8. The average Bonchev–Trinajstić information content (AvgIpc) is 2.72. The number of carbonyl (C=O) groups excluding carboxylic acids is 1. The maximum atomic E-state index is 13.4. The van der Waals surface area contributed by atoms with Crippen LogP contribution in [0.15, 0.2) is 66.6 Å². The van der Waals surface area contributed by atoms with Gasteiger partial charge in [-0.25, -0.2) is 13.8 Å². The monoisotopic (exact) mass is 452 g/mol. The van der Waals surface area contributed by atoms with Crippen molar-refractivity contribution in [2.24, 2.45) is 0 Å². The van der Waals surface area contributed by atoms with E-state index in [0.29, 0.717) is 34.0 Å². The van der Waals surface area contributed by atoms with Gasteiger partial charge < -0.3 is 20.3 Å². The number of amides is 1. The molecule has 0 saturated carbocycles.